The molecule has 0 radical (unpaired) electrons. The van der Waals surface area contributed by atoms with Crippen molar-refractivity contribution in [1.82, 2.24) is 0 Å². The molecule has 0 saturated heterocycles. The Morgan fingerprint density at radius 1 is 1.22 bits per heavy atom. The Kier molecular flexibility index (Phi) is 7.89. The third-order valence-electron chi connectivity index (χ3n) is 6.21. The van der Waals surface area contributed by atoms with Gasteiger partial charge in [-0.25, -0.2) is 0 Å². The molecule has 3 rings (SSSR count). The maximum absolute atomic E-state index is 10.8. The van der Waals surface area contributed by atoms with Crippen molar-refractivity contribution < 1.29 is 24.2 Å². The molecule has 1 aliphatic carbocycles. The second-order valence-electron chi connectivity index (χ2n) is 9.47. The van der Waals surface area contributed by atoms with E-state index in [-0.39, 0.29) is 13.0 Å². The summed E-state index contributed by atoms with van der Waals surface area (Å²) in [5.41, 5.74) is 4.11. The van der Waals surface area contributed by atoms with E-state index in [1.54, 1.807) is 18.2 Å². The van der Waals surface area contributed by atoms with E-state index in [9.17, 15) is 15.2 Å². The zero-order chi connectivity index (χ0) is 23.1. The van der Waals surface area contributed by atoms with Gasteiger partial charge in [0.15, 0.2) is 0 Å². The average Bonchev–Trinajstić information content (AvgIpc) is 3.18. The molecule has 0 bridgehead atoms. The molecular weight excluding hydrogens is 404 g/mol. The summed E-state index contributed by atoms with van der Waals surface area (Å²) in [7, 11) is 4.25. The highest BCUT2D eigenvalue weighted by Gasteiger charge is 2.26. The maximum atomic E-state index is 10.8. The van der Waals surface area contributed by atoms with Gasteiger partial charge >= 0.3 is 5.97 Å². The van der Waals surface area contributed by atoms with Gasteiger partial charge in [-0.2, -0.15) is 5.26 Å². The molecule has 1 atom stereocenters. The molecule has 2 aromatic carbocycles. The van der Waals surface area contributed by atoms with Crippen molar-refractivity contribution >= 4 is 5.97 Å². The first-order valence-electron chi connectivity index (χ1n) is 11.2. The van der Waals surface area contributed by atoms with Gasteiger partial charge in [-0.3, -0.25) is 4.79 Å². The number of benzene rings is 2. The topological polar surface area (TPSA) is 90.6 Å². The molecule has 2 aromatic rings. The molecule has 2 N–H and O–H groups in total. The number of nitriles is 1. The molecule has 0 fully saturated rings. The van der Waals surface area contributed by atoms with Gasteiger partial charge in [0.1, 0.15) is 31.1 Å². The number of aliphatic hydroxyl groups excluding tert-OH is 1. The van der Waals surface area contributed by atoms with Crippen molar-refractivity contribution in [3.63, 3.8) is 0 Å². The number of fused-ring (bicyclic) bond motifs is 1. The zero-order valence-electron chi connectivity index (χ0n) is 19.0. The first-order valence-corrected chi connectivity index (χ1v) is 11.2. The number of likely N-dealkylation sites (N-methyl/N-ethyl adjacent to an activating group) is 1. The number of hydrogen-bond donors (Lipinski definition) is 2. The van der Waals surface area contributed by atoms with Crippen LogP contribution in [0.25, 0.3) is 0 Å². The molecule has 0 aliphatic heterocycles. The number of aryl methyl sites for hydroxylation is 1. The van der Waals surface area contributed by atoms with Crippen molar-refractivity contribution in [2.75, 3.05) is 33.8 Å². The summed E-state index contributed by atoms with van der Waals surface area (Å²) < 4.78 is 6.47. The highest BCUT2D eigenvalue weighted by atomic mass is 16.5. The second kappa shape index (κ2) is 10.6. The minimum Gasteiger partial charge on any atom is -0.489 e. The lowest BCUT2D eigenvalue weighted by atomic mass is 10.0. The molecule has 0 saturated carbocycles. The zero-order valence-corrected chi connectivity index (χ0v) is 19.0. The Hall–Kier alpha value is -2.88. The van der Waals surface area contributed by atoms with Crippen LogP contribution in [0, 0.1) is 17.2 Å². The molecule has 0 unspecified atom stereocenters. The van der Waals surface area contributed by atoms with Gasteiger partial charge in [0, 0.05) is 12.8 Å². The van der Waals surface area contributed by atoms with Gasteiger partial charge in [0.2, 0.25) is 0 Å². The Morgan fingerprint density at radius 2 is 1.91 bits per heavy atom. The molecule has 1 aliphatic rings. The summed E-state index contributed by atoms with van der Waals surface area (Å²) in [4.78, 5) is 10.8. The molecule has 170 valence electrons. The summed E-state index contributed by atoms with van der Waals surface area (Å²) in [5, 5.41) is 28.8. The van der Waals surface area contributed by atoms with E-state index in [0.29, 0.717) is 34.7 Å². The third kappa shape index (κ3) is 6.81. The lowest BCUT2D eigenvalue weighted by molar-refractivity contribution is -0.894. The number of quaternary nitrogens is 1. The Balaban J connectivity index is 1.48. The maximum Gasteiger partial charge on any atom is 0.303 e. The van der Waals surface area contributed by atoms with Crippen LogP contribution in [0.5, 0.6) is 5.75 Å². The summed E-state index contributed by atoms with van der Waals surface area (Å²) >= 11 is 0. The molecule has 0 aromatic heterocycles. The van der Waals surface area contributed by atoms with Crippen LogP contribution in [0.1, 0.15) is 35.1 Å². The lowest BCUT2D eigenvalue weighted by Gasteiger charge is -2.32. The molecule has 6 nitrogen and oxygen atoms in total. The van der Waals surface area contributed by atoms with Gasteiger partial charge in [-0.1, -0.05) is 30.3 Å². The number of nitrogens with zero attached hydrogens (tertiary/aromatic N) is 2. The van der Waals surface area contributed by atoms with Crippen LogP contribution in [-0.2, 0) is 24.1 Å². The molecule has 0 spiro atoms. The fourth-order valence-electron chi connectivity index (χ4n) is 4.47. The van der Waals surface area contributed by atoms with E-state index in [4.69, 9.17) is 9.84 Å². The van der Waals surface area contributed by atoms with E-state index in [1.165, 1.54) is 11.1 Å². The highest BCUT2D eigenvalue weighted by Crippen LogP contribution is 2.29. The third-order valence-corrected chi connectivity index (χ3v) is 6.21. The second-order valence-corrected chi connectivity index (χ2v) is 9.47. The van der Waals surface area contributed by atoms with Crippen LogP contribution in [0.3, 0.4) is 0 Å². The van der Waals surface area contributed by atoms with Crippen LogP contribution < -0.4 is 4.74 Å². The van der Waals surface area contributed by atoms with Crippen molar-refractivity contribution in [2.45, 2.75) is 38.2 Å². The summed E-state index contributed by atoms with van der Waals surface area (Å²) in [6.07, 6.45) is 3.11. The minimum atomic E-state index is -0.867. The number of carbonyl (C=O) groups is 1. The number of aliphatic carboxylic acids is 1. The first kappa shape index (κ1) is 23.8. The van der Waals surface area contributed by atoms with Gasteiger partial charge in [0.05, 0.1) is 26.2 Å². The van der Waals surface area contributed by atoms with Crippen molar-refractivity contribution in [3.8, 4) is 11.8 Å². The van der Waals surface area contributed by atoms with Crippen LogP contribution in [0.2, 0.25) is 0 Å². The number of carboxylic acids is 1. The lowest BCUT2D eigenvalue weighted by Crippen LogP contribution is -2.48. The number of ether oxygens (including phenoxy) is 1. The molecular formula is C26H33N2O4+. The minimum absolute atomic E-state index is 0.0196. The normalized spacial score (nSPS) is 14.6. The number of rotatable bonds is 11. The van der Waals surface area contributed by atoms with Crippen LogP contribution >= 0.6 is 0 Å². The first-order chi connectivity index (χ1) is 15.3. The number of hydrogen-bond acceptors (Lipinski definition) is 4. The summed E-state index contributed by atoms with van der Waals surface area (Å²) in [6, 6.07) is 15.8. The fourth-order valence-corrected chi connectivity index (χ4v) is 4.47. The van der Waals surface area contributed by atoms with Crippen molar-refractivity contribution in [2.24, 2.45) is 5.92 Å². The molecule has 32 heavy (non-hydrogen) atoms. The highest BCUT2D eigenvalue weighted by molar-refractivity contribution is 5.67. The smallest absolute Gasteiger partial charge is 0.303 e. The average molecular weight is 438 g/mol. The standard InChI is InChI=1S/C26H32N2O4/c1-28(2,12-11-20-13-21-5-3-4-6-22(21)14-20)17-24(29)18-32-25-15-19(8-10-26(30)31)7-9-23(25)16-27/h3-7,9,15,20,24,29H,8,10-14,17-18H2,1-2H3/p+1/t24-/m1/s1. The van der Waals surface area contributed by atoms with E-state index >= 15 is 0 Å². The Bertz CT molecular complexity index is 955. The molecule has 0 heterocycles. The van der Waals surface area contributed by atoms with E-state index < -0.39 is 12.1 Å². The number of aliphatic hydroxyl groups is 1. The van der Waals surface area contributed by atoms with Crippen molar-refractivity contribution in [3.05, 3.63) is 64.7 Å². The fraction of sp³-hybridized carbons (Fsp3) is 0.462. The van der Waals surface area contributed by atoms with Gasteiger partial charge in [-0.05, 0) is 54.0 Å². The van der Waals surface area contributed by atoms with Gasteiger partial charge in [-0.15, -0.1) is 0 Å². The largest absolute Gasteiger partial charge is 0.489 e. The predicted molar refractivity (Wildman–Crippen MR) is 122 cm³/mol. The van der Waals surface area contributed by atoms with Crippen LogP contribution in [0.15, 0.2) is 42.5 Å². The molecule has 0 amide bonds. The Labute approximate surface area is 190 Å². The van der Waals surface area contributed by atoms with Crippen LogP contribution in [0.4, 0.5) is 0 Å². The van der Waals surface area contributed by atoms with E-state index in [0.717, 1.165) is 31.4 Å². The monoisotopic (exact) mass is 437 g/mol. The van der Waals surface area contributed by atoms with Gasteiger partial charge < -0.3 is 19.4 Å². The predicted octanol–water partition coefficient (Wildman–Crippen LogP) is 3.20. The number of carboxylic acid groups (broad SMARTS) is 1. The summed E-state index contributed by atoms with van der Waals surface area (Å²) in [6.45, 7) is 1.62. The van der Waals surface area contributed by atoms with Gasteiger partial charge in [0.25, 0.3) is 0 Å². The van der Waals surface area contributed by atoms with E-state index in [1.807, 2.05) is 0 Å². The molecule has 6 heteroatoms. The van der Waals surface area contributed by atoms with E-state index in [2.05, 4.69) is 44.4 Å². The quantitative estimate of drug-likeness (QED) is 0.527. The summed E-state index contributed by atoms with van der Waals surface area (Å²) in [5.74, 6) is 0.183. The van der Waals surface area contributed by atoms with Crippen molar-refractivity contribution in [1.29, 1.82) is 5.26 Å². The Morgan fingerprint density at radius 3 is 2.53 bits per heavy atom. The SMILES string of the molecule is C[N+](C)(CCC1Cc2ccccc2C1)C[C@@H](O)COc1cc(CCC(=O)O)ccc1C#N. The van der Waals surface area contributed by atoms with Crippen LogP contribution in [-0.4, -0.2) is 60.6 Å².